The molecule has 3 rings (SSSR count). The molecule has 1 fully saturated rings. The molecule has 0 spiro atoms. The molecule has 21 heavy (non-hydrogen) atoms. The summed E-state index contributed by atoms with van der Waals surface area (Å²) in [5.74, 6) is 0.336. The lowest BCUT2D eigenvalue weighted by Gasteiger charge is -2.07. The molecule has 0 aliphatic heterocycles. The molecule has 2 N–H and O–H groups in total. The van der Waals surface area contributed by atoms with Gasteiger partial charge in [0.2, 0.25) is 0 Å². The average Bonchev–Trinajstić information content (AvgIpc) is 3.21. The van der Waals surface area contributed by atoms with E-state index in [0.29, 0.717) is 16.1 Å². The summed E-state index contributed by atoms with van der Waals surface area (Å²) in [5.41, 5.74) is 4.45. The minimum Gasteiger partial charge on any atom is -0.352 e. The molecule has 2 atom stereocenters. The number of carbonyl (C=O) groups excluding carboxylic acids is 1. The van der Waals surface area contributed by atoms with Gasteiger partial charge in [0.05, 0.1) is 5.56 Å². The third-order valence-corrected chi connectivity index (χ3v) is 4.47. The molecule has 0 bridgehead atoms. The highest BCUT2D eigenvalue weighted by molar-refractivity contribution is 7.71. The molecule has 0 radical (unpaired) electrons. The molecule has 1 aliphatic carbocycles. The van der Waals surface area contributed by atoms with Gasteiger partial charge in [-0.2, -0.15) is 0 Å². The van der Waals surface area contributed by atoms with Crippen LogP contribution in [-0.4, -0.2) is 16.9 Å². The largest absolute Gasteiger partial charge is 0.352 e. The van der Waals surface area contributed by atoms with Crippen molar-refractivity contribution in [1.82, 2.24) is 10.3 Å². The van der Waals surface area contributed by atoms with Crippen molar-refractivity contribution in [1.29, 1.82) is 0 Å². The molecule has 108 valence electrons. The van der Waals surface area contributed by atoms with Crippen LogP contribution in [0.1, 0.15) is 39.4 Å². The van der Waals surface area contributed by atoms with Gasteiger partial charge in [0.1, 0.15) is 4.64 Å². The van der Waals surface area contributed by atoms with Gasteiger partial charge in [-0.25, -0.2) is 0 Å². The zero-order valence-corrected chi connectivity index (χ0v) is 13.0. The van der Waals surface area contributed by atoms with Crippen LogP contribution in [0.3, 0.4) is 0 Å². The van der Waals surface area contributed by atoms with E-state index in [9.17, 15) is 4.79 Å². The number of amides is 1. The molecule has 0 unspecified atom stereocenters. The minimum atomic E-state index is -0.0896. The van der Waals surface area contributed by atoms with Crippen molar-refractivity contribution in [2.45, 2.75) is 32.2 Å². The Kier molecular flexibility index (Phi) is 3.64. The number of benzene rings is 1. The maximum Gasteiger partial charge on any atom is 0.254 e. The third-order valence-electron chi connectivity index (χ3n) is 4.13. The highest BCUT2D eigenvalue weighted by atomic mass is 32.1. The Morgan fingerprint density at radius 1 is 1.29 bits per heavy atom. The van der Waals surface area contributed by atoms with Gasteiger partial charge in [0.25, 0.3) is 5.91 Å². The molecule has 1 heterocycles. The third kappa shape index (κ3) is 2.90. The highest BCUT2D eigenvalue weighted by Crippen LogP contribution is 2.41. The summed E-state index contributed by atoms with van der Waals surface area (Å²) >= 11 is 5.14. The van der Waals surface area contributed by atoms with Crippen molar-refractivity contribution in [3.8, 4) is 0 Å². The van der Waals surface area contributed by atoms with E-state index in [1.807, 2.05) is 0 Å². The number of rotatable bonds is 3. The standard InChI is InChI=1S/C17H18N2OS/c1-10-5-6-12(8-11(10)2)14-9-15(14)19-16(20)13-4-3-7-18-17(13)21/h3-8,14-15H,9H2,1-2H3,(H,18,21)(H,19,20)/t14-,15-/m1/s1. The van der Waals surface area contributed by atoms with Crippen LogP contribution in [0, 0.1) is 18.5 Å². The fourth-order valence-electron chi connectivity index (χ4n) is 2.56. The van der Waals surface area contributed by atoms with Gasteiger partial charge in [-0.05, 0) is 49.1 Å². The van der Waals surface area contributed by atoms with E-state index in [0.717, 1.165) is 6.42 Å². The normalized spacial score (nSPS) is 20.1. The summed E-state index contributed by atoms with van der Waals surface area (Å²) in [6, 6.07) is 10.3. The van der Waals surface area contributed by atoms with Crippen LogP contribution in [0.15, 0.2) is 36.5 Å². The van der Waals surface area contributed by atoms with E-state index < -0.39 is 0 Å². The summed E-state index contributed by atoms with van der Waals surface area (Å²) in [5, 5.41) is 3.07. The van der Waals surface area contributed by atoms with Crippen LogP contribution in [0.4, 0.5) is 0 Å². The maximum atomic E-state index is 12.2. The van der Waals surface area contributed by atoms with Crippen LogP contribution < -0.4 is 5.32 Å². The maximum absolute atomic E-state index is 12.2. The zero-order chi connectivity index (χ0) is 15.0. The van der Waals surface area contributed by atoms with Crippen molar-refractivity contribution in [3.63, 3.8) is 0 Å². The molecule has 0 saturated heterocycles. The number of nitrogens with one attached hydrogen (secondary N) is 2. The SMILES string of the molecule is Cc1ccc([C@H]2C[C@H]2NC(=O)c2ccc[nH]c2=S)cc1C. The van der Waals surface area contributed by atoms with Gasteiger partial charge in [-0.1, -0.05) is 30.4 Å². The molecular weight excluding hydrogens is 280 g/mol. The molecular formula is C17H18N2OS. The van der Waals surface area contributed by atoms with E-state index in [-0.39, 0.29) is 11.9 Å². The molecule has 1 aromatic heterocycles. The number of aromatic nitrogens is 1. The molecule has 2 aromatic rings. The van der Waals surface area contributed by atoms with Crippen LogP contribution in [0.25, 0.3) is 0 Å². The van der Waals surface area contributed by atoms with Gasteiger partial charge >= 0.3 is 0 Å². The van der Waals surface area contributed by atoms with Crippen LogP contribution in [-0.2, 0) is 0 Å². The fraction of sp³-hybridized carbons (Fsp3) is 0.294. The van der Waals surface area contributed by atoms with Crippen molar-refractivity contribution in [3.05, 3.63) is 63.4 Å². The molecule has 1 saturated carbocycles. The Bertz CT molecular complexity index is 750. The first kappa shape index (κ1) is 14.0. The molecule has 1 aliphatic rings. The lowest BCUT2D eigenvalue weighted by Crippen LogP contribution is -2.27. The van der Waals surface area contributed by atoms with Crippen molar-refractivity contribution < 1.29 is 4.79 Å². The van der Waals surface area contributed by atoms with Crippen LogP contribution >= 0.6 is 12.2 Å². The Hall–Kier alpha value is -1.94. The smallest absolute Gasteiger partial charge is 0.254 e. The van der Waals surface area contributed by atoms with Gasteiger partial charge in [0, 0.05) is 18.2 Å². The predicted molar refractivity (Wildman–Crippen MR) is 86.2 cm³/mol. The number of aryl methyl sites for hydroxylation is 2. The lowest BCUT2D eigenvalue weighted by atomic mass is 10.0. The Morgan fingerprint density at radius 3 is 2.81 bits per heavy atom. The second kappa shape index (κ2) is 5.45. The van der Waals surface area contributed by atoms with Crippen LogP contribution in [0.5, 0.6) is 0 Å². The molecule has 1 amide bonds. The zero-order valence-electron chi connectivity index (χ0n) is 12.1. The van der Waals surface area contributed by atoms with Gasteiger partial charge in [0.15, 0.2) is 0 Å². The van der Waals surface area contributed by atoms with Crippen molar-refractivity contribution in [2.24, 2.45) is 0 Å². The first-order valence-corrected chi connectivity index (χ1v) is 7.53. The van der Waals surface area contributed by atoms with Gasteiger partial charge < -0.3 is 10.3 Å². The molecule has 3 nitrogen and oxygen atoms in total. The van der Waals surface area contributed by atoms with E-state index in [1.54, 1.807) is 18.3 Å². The summed E-state index contributed by atoms with van der Waals surface area (Å²) < 4.78 is 0.485. The van der Waals surface area contributed by atoms with E-state index >= 15 is 0 Å². The van der Waals surface area contributed by atoms with Gasteiger partial charge in [-0.3, -0.25) is 4.79 Å². The van der Waals surface area contributed by atoms with E-state index in [4.69, 9.17) is 12.2 Å². The molecule has 1 aromatic carbocycles. The number of H-pyrrole nitrogens is 1. The number of hydrogen-bond acceptors (Lipinski definition) is 2. The summed E-state index contributed by atoms with van der Waals surface area (Å²) in [7, 11) is 0. The Balaban J connectivity index is 1.69. The van der Waals surface area contributed by atoms with Gasteiger partial charge in [-0.15, -0.1) is 0 Å². The number of carbonyl (C=O) groups is 1. The fourth-order valence-corrected chi connectivity index (χ4v) is 2.79. The van der Waals surface area contributed by atoms with E-state index in [1.165, 1.54) is 16.7 Å². The number of pyridine rings is 1. The number of aromatic amines is 1. The van der Waals surface area contributed by atoms with Crippen molar-refractivity contribution in [2.75, 3.05) is 0 Å². The molecule has 4 heteroatoms. The quantitative estimate of drug-likeness (QED) is 0.850. The van der Waals surface area contributed by atoms with Crippen molar-refractivity contribution >= 4 is 18.1 Å². The van der Waals surface area contributed by atoms with E-state index in [2.05, 4.69) is 42.3 Å². The first-order chi connectivity index (χ1) is 10.1. The number of hydrogen-bond donors (Lipinski definition) is 2. The highest BCUT2D eigenvalue weighted by Gasteiger charge is 2.39. The second-order valence-electron chi connectivity index (χ2n) is 5.68. The topological polar surface area (TPSA) is 44.9 Å². The Morgan fingerprint density at radius 2 is 2.10 bits per heavy atom. The summed E-state index contributed by atoms with van der Waals surface area (Å²) in [6.45, 7) is 4.24. The minimum absolute atomic E-state index is 0.0896. The Labute approximate surface area is 129 Å². The lowest BCUT2D eigenvalue weighted by molar-refractivity contribution is 0.0949. The van der Waals surface area contributed by atoms with Crippen LogP contribution in [0.2, 0.25) is 0 Å². The summed E-state index contributed by atoms with van der Waals surface area (Å²) in [4.78, 5) is 15.1. The predicted octanol–water partition coefficient (Wildman–Crippen LogP) is 3.65. The monoisotopic (exact) mass is 298 g/mol. The second-order valence-corrected chi connectivity index (χ2v) is 6.09. The average molecular weight is 298 g/mol. The summed E-state index contributed by atoms with van der Waals surface area (Å²) in [6.07, 6.45) is 2.73. The first-order valence-electron chi connectivity index (χ1n) is 7.12.